The normalized spacial score (nSPS) is 10.1. The molecule has 0 N–H and O–H groups in total. The molecule has 15 heavy (non-hydrogen) atoms. The van der Waals surface area contributed by atoms with Gasteiger partial charge in [0.05, 0.1) is 13.2 Å². The Bertz CT molecular complexity index is 278. The summed E-state index contributed by atoms with van der Waals surface area (Å²) in [6.07, 6.45) is 0. The minimum atomic E-state index is -1.94. The SMILES string of the molecule is CCOC(=O)C(C)(N=[N+]=[N-])C(=O)OCC. The lowest BCUT2D eigenvalue weighted by Crippen LogP contribution is -2.44. The van der Waals surface area contributed by atoms with Crippen LogP contribution < -0.4 is 0 Å². The Labute approximate surface area is 87.0 Å². The summed E-state index contributed by atoms with van der Waals surface area (Å²) in [4.78, 5) is 25.2. The minimum absolute atomic E-state index is 0.0920. The summed E-state index contributed by atoms with van der Waals surface area (Å²) in [5, 5.41) is 3.12. The second kappa shape index (κ2) is 5.87. The Morgan fingerprint density at radius 1 is 1.27 bits per heavy atom. The van der Waals surface area contributed by atoms with Gasteiger partial charge >= 0.3 is 11.9 Å². The van der Waals surface area contributed by atoms with Crippen LogP contribution in [0.2, 0.25) is 0 Å². The summed E-state index contributed by atoms with van der Waals surface area (Å²) in [7, 11) is 0. The number of esters is 2. The monoisotopic (exact) mass is 215 g/mol. The zero-order valence-electron chi connectivity index (χ0n) is 8.89. The Morgan fingerprint density at radius 2 is 1.67 bits per heavy atom. The van der Waals surface area contributed by atoms with Gasteiger partial charge in [0, 0.05) is 4.91 Å². The minimum Gasteiger partial charge on any atom is -0.465 e. The van der Waals surface area contributed by atoms with E-state index < -0.39 is 17.5 Å². The first kappa shape index (κ1) is 13.2. The predicted octanol–water partition coefficient (Wildman–Crippen LogP) is 1.18. The number of hydrogen-bond donors (Lipinski definition) is 0. The topological polar surface area (TPSA) is 101 Å². The van der Waals surface area contributed by atoms with Crippen molar-refractivity contribution in [3.05, 3.63) is 10.4 Å². The molecule has 0 spiro atoms. The third kappa shape index (κ3) is 3.14. The van der Waals surface area contributed by atoms with Crippen LogP contribution in [0.15, 0.2) is 5.11 Å². The molecule has 0 aliphatic heterocycles. The van der Waals surface area contributed by atoms with Gasteiger partial charge in [-0.05, 0) is 26.3 Å². The summed E-state index contributed by atoms with van der Waals surface area (Å²) in [5.41, 5.74) is 6.34. The predicted molar refractivity (Wildman–Crippen MR) is 50.8 cm³/mol. The fourth-order valence-corrected chi connectivity index (χ4v) is 0.798. The highest BCUT2D eigenvalue weighted by Gasteiger charge is 2.43. The van der Waals surface area contributed by atoms with Crippen molar-refractivity contribution < 1.29 is 19.1 Å². The van der Waals surface area contributed by atoms with Crippen molar-refractivity contribution >= 4 is 11.9 Å². The highest BCUT2D eigenvalue weighted by molar-refractivity contribution is 6.04. The van der Waals surface area contributed by atoms with Crippen molar-refractivity contribution in [3.8, 4) is 0 Å². The molecule has 0 atom stereocenters. The Hall–Kier alpha value is -1.75. The first-order valence-corrected chi connectivity index (χ1v) is 4.43. The molecular formula is C8H13N3O4. The van der Waals surface area contributed by atoms with Crippen LogP contribution >= 0.6 is 0 Å². The summed E-state index contributed by atoms with van der Waals surface area (Å²) in [6, 6.07) is 0. The van der Waals surface area contributed by atoms with Gasteiger partial charge in [-0.1, -0.05) is 5.11 Å². The molecule has 0 amide bonds. The molecule has 0 aromatic rings. The summed E-state index contributed by atoms with van der Waals surface area (Å²) < 4.78 is 9.24. The van der Waals surface area contributed by atoms with E-state index in [0.717, 1.165) is 6.92 Å². The lowest BCUT2D eigenvalue weighted by atomic mass is 10.1. The third-order valence-electron chi connectivity index (χ3n) is 1.59. The molecule has 0 radical (unpaired) electrons. The number of rotatable bonds is 5. The van der Waals surface area contributed by atoms with E-state index in [4.69, 9.17) is 5.53 Å². The number of ether oxygens (including phenoxy) is 2. The van der Waals surface area contributed by atoms with Crippen LogP contribution in [-0.2, 0) is 19.1 Å². The van der Waals surface area contributed by atoms with Gasteiger partial charge in [-0.25, -0.2) is 0 Å². The number of azide groups is 1. The van der Waals surface area contributed by atoms with Gasteiger partial charge in [0.1, 0.15) is 0 Å². The highest BCUT2D eigenvalue weighted by Crippen LogP contribution is 2.15. The molecule has 7 nitrogen and oxygen atoms in total. The molecule has 0 rings (SSSR count). The van der Waals surface area contributed by atoms with Gasteiger partial charge in [0.25, 0.3) is 0 Å². The standard InChI is InChI=1S/C8H13N3O4/c1-4-14-6(12)8(3,10-11-9)7(13)15-5-2/h4-5H2,1-3H3. The Morgan fingerprint density at radius 3 is 1.93 bits per heavy atom. The number of carbonyl (C=O) groups is 2. The first-order chi connectivity index (χ1) is 7.02. The fourth-order valence-electron chi connectivity index (χ4n) is 0.798. The van der Waals surface area contributed by atoms with Crippen LogP contribution in [-0.4, -0.2) is 30.7 Å². The maximum atomic E-state index is 11.4. The molecule has 0 aromatic carbocycles. The van der Waals surface area contributed by atoms with E-state index in [9.17, 15) is 9.59 Å². The smallest absolute Gasteiger partial charge is 0.329 e. The molecule has 0 unspecified atom stereocenters. The lowest BCUT2D eigenvalue weighted by Gasteiger charge is -2.19. The van der Waals surface area contributed by atoms with E-state index in [1.165, 1.54) is 0 Å². The molecule has 0 aliphatic carbocycles. The van der Waals surface area contributed by atoms with E-state index in [1.54, 1.807) is 13.8 Å². The largest absolute Gasteiger partial charge is 0.465 e. The second-order valence-electron chi connectivity index (χ2n) is 2.70. The van der Waals surface area contributed by atoms with Crippen molar-refractivity contribution in [3.63, 3.8) is 0 Å². The van der Waals surface area contributed by atoms with Crippen LogP contribution in [0.3, 0.4) is 0 Å². The second-order valence-corrected chi connectivity index (χ2v) is 2.70. The molecular weight excluding hydrogens is 202 g/mol. The Balaban J connectivity index is 4.96. The van der Waals surface area contributed by atoms with E-state index in [1.807, 2.05) is 0 Å². The van der Waals surface area contributed by atoms with Gasteiger partial charge < -0.3 is 9.47 Å². The number of nitrogens with zero attached hydrogens (tertiary/aromatic N) is 3. The molecule has 0 heterocycles. The van der Waals surface area contributed by atoms with E-state index in [0.29, 0.717) is 0 Å². The van der Waals surface area contributed by atoms with Crippen LogP contribution in [0.25, 0.3) is 10.4 Å². The van der Waals surface area contributed by atoms with Crippen molar-refractivity contribution in [1.82, 2.24) is 0 Å². The van der Waals surface area contributed by atoms with Gasteiger partial charge in [-0.3, -0.25) is 9.59 Å². The van der Waals surface area contributed by atoms with E-state index in [2.05, 4.69) is 19.5 Å². The van der Waals surface area contributed by atoms with Crippen LogP contribution in [0.5, 0.6) is 0 Å². The summed E-state index contributed by atoms with van der Waals surface area (Å²) in [6.45, 7) is 4.51. The van der Waals surface area contributed by atoms with Crippen molar-refractivity contribution in [2.75, 3.05) is 13.2 Å². The van der Waals surface area contributed by atoms with E-state index >= 15 is 0 Å². The van der Waals surface area contributed by atoms with Crippen LogP contribution in [0, 0.1) is 0 Å². The maximum absolute atomic E-state index is 11.4. The molecule has 0 fully saturated rings. The maximum Gasteiger partial charge on any atom is 0.329 e. The van der Waals surface area contributed by atoms with Crippen molar-refractivity contribution in [2.45, 2.75) is 26.3 Å². The molecule has 7 heteroatoms. The molecule has 0 saturated carbocycles. The quantitative estimate of drug-likeness (QED) is 0.226. The lowest BCUT2D eigenvalue weighted by molar-refractivity contribution is -0.162. The molecule has 0 aliphatic rings. The highest BCUT2D eigenvalue weighted by atomic mass is 16.6. The van der Waals surface area contributed by atoms with Gasteiger partial charge in [0.2, 0.25) is 5.54 Å². The molecule has 84 valence electrons. The van der Waals surface area contributed by atoms with Gasteiger partial charge in [0.15, 0.2) is 0 Å². The van der Waals surface area contributed by atoms with Gasteiger partial charge in [-0.2, -0.15) is 0 Å². The summed E-state index contributed by atoms with van der Waals surface area (Å²) in [5.74, 6) is -1.83. The molecule has 0 aromatic heterocycles. The Kier molecular flexibility index (Phi) is 5.19. The number of carbonyl (C=O) groups excluding carboxylic acids is 2. The van der Waals surface area contributed by atoms with Crippen LogP contribution in [0.1, 0.15) is 20.8 Å². The average molecular weight is 215 g/mol. The average Bonchev–Trinajstić information content (AvgIpc) is 2.18. The third-order valence-corrected chi connectivity index (χ3v) is 1.59. The molecule has 0 saturated heterocycles. The van der Waals surface area contributed by atoms with E-state index in [-0.39, 0.29) is 13.2 Å². The first-order valence-electron chi connectivity index (χ1n) is 4.43. The zero-order chi connectivity index (χ0) is 11.9. The summed E-state index contributed by atoms with van der Waals surface area (Å²) >= 11 is 0. The number of hydrogen-bond acceptors (Lipinski definition) is 5. The molecule has 0 bridgehead atoms. The van der Waals surface area contributed by atoms with Gasteiger partial charge in [-0.15, -0.1) is 0 Å². The van der Waals surface area contributed by atoms with Crippen molar-refractivity contribution in [2.24, 2.45) is 5.11 Å². The van der Waals surface area contributed by atoms with Crippen LogP contribution in [0.4, 0.5) is 0 Å². The van der Waals surface area contributed by atoms with Crippen molar-refractivity contribution in [1.29, 1.82) is 0 Å². The fraction of sp³-hybridized carbons (Fsp3) is 0.750. The zero-order valence-corrected chi connectivity index (χ0v) is 8.89.